The van der Waals surface area contributed by atoms with E-state index in [1.54, 1.807) is 0 Å². The minimum absolute atomic E-state index is 0.117. The summed E-state index contributed by atoms with van der Waals surface area (Å²) in [6.45, 7) is 23.5. The third kappa shape index (κ3) is 6.58. The average molecular weight is 343 g/mol. The van der Waals surface area contributed by atoms with Gasteiger partial charge in [0, 0.05) is 6.42 Å². The Labute approximate surface area is 141 Å². The highest BCUT2D eigenvalue weighted by Gasteiger charge is 2.41. The van der Waals surface area contributed by atoms with Gasteiger partial charge in [-0.2, -0.15) is 0 Å². The Bertz CT molecular complexity index is 381. The Morgan fingerprint density at radius 1 is 0.909 bits per heavy atom. The maximum Gasteiger partial charge on any atom is 0.192 e. The van der Waals surface area contributed by atoms with Crippen LogP contribution in [0.2, 0.25) is 36.3 Å². The largest absolute Gasteiger partial charge is 0.414 e. The monoisotopic (exact) mass is 342 g/mol. The van der Waals surface area contributed by atoms with E-state index in [1.807, 2.05) is 0 Å². The van der Waals surface area contributed by atoms with Gasteiger partial charge in [0.25, 0.3) is 0 Å². The van der Waals surface area contributed by atoms with Gasteiger partial charge >= 0.3 is 0 Å². The van der Waals surface area contributed by atoms with E-state index in [4.69, 9.17) is 15.3 Å². The number of hydrogen-bond donors (Lipinski definition) is 0. The predicted octanol–water partition coefficient (Wildman–Crippen LogP) is 5.81. The standard InChI is InChI=1S/C18H38O2Si2/c1-12-13-14-16(20-22(10,11)18(5,6)7)15-19-21(8,9)17(2,3)4/h1,16H,13-15H2,2-11H3. The maximum absolute atomic E-state index is 6.55. The Hall–Kier alpha value is -0.0862. The molecule has 0 rings (SSSR count). The molecule has 0 saturated carbocycles. The lowest BCUT2D eigenvalue weighted by atomic mass is 10.2. The zero-order valence-corrected chi connectivity index (χ0v) is 18.6. The van der Waals surface area contributed by atoms with Crippen molar-refractivity contribution in [1.29, 1.82) is 0 Å². The van der Waals surface area contributed by atoms with Gasteiger partial charge in [0.15, 0.2) is 16.6 Å². The number of terminal acetylenes is 1. The smallest absolute Gasteiger partial charge is 0.192 e. The second kappa shape index (κ2) is 7.66. The topological polar surface area (TPSA) is 18.5 Å². The van der Waals surface area contributed by atoms with Crippen LogP contribution in [0.25, 0.3) is 0 Å². The lowest BCUT2D eigenvalue weighted by molar-refractivity contribution is 0.102. The summed E-state index contributed by atoms with van der Waals surface area (Å²) in [6, 6.07) is 0. The summed E-state index contributed by atoms with van der Waals surface area (Å²) in [4.78, 5) is 0. The van der Waals surface area contributed by atoms with Crippen molar-refractivity contribution in [2.75, 3.05) is 6.61 Å². The zero-order valence-electron chi connectivity index (χ0n) is 16.6. The van der Waals surface area contributed by atoms with Crippen LogP contribution >= 0.6 is 0 Å². The summed E-state index contributed by atoms with van der Waals surface area (Å²) in [5.41, 5.74) is 0. The molecule has 0 bridgehead atoms. The molecule has 0 spiro atoms. The van der Waals surface area contributed by atoms with Crippen molar-refractivity contribution in [3.8, 4) is 12.3 Å². The van der Waals surface area contributed by atoms with Crippen LogP contribution in [0.15, 0.2) is 0 Å². The molecule has 0 aromatic carbocycles. The van der Waals surface area contributed by atoms with Crippen molar-refractivity contribution in [3.05, 3.63) is 0 Å². The van der Waals surface area contributed by atoms with Crippen molar-refractivity contribution < 1.29 is 8.85 Å². The second-order valence-electron chi connectivity index (χ2n) is 9.31. The van der Waals surface area contributed by atoms with E-state index in [-0.39, 0.29) is 16.2 Å². The molecule has 0 radical (unpaired) electrons. The molecule has 1 unspecified atom stereocenters. The molecule has 4 heteroatoms. The lowest BCUT2D eigenvalue weighted by Crippen LogP contribution is -2.47. The normalized spacial score (nSPS) is 15.5. The second-order valence-corrected chi connectivity index (χ2v) is 18.9. The van der Waals surface area contributed by atoms with Crippen LogP contribution in [0.1, 0.15) is 54.4 Å². The molecule has 0 N–H and O–H groups in total. The van der Waals surface area contributed by atoms with Gasteiger partial charge in [-0.25, -0.2) is 0 Å². The highest BCUT2D eigenvalue weighted by molar-refractivity contribution is 6.74. The molecule has 0 aliphatic rings. The van der Waals surface area contributed by atoms with Crippen molar-refractivity contribution in [2.45, 2.75) is 96.8 Å². The van der Waals surface area contributed by atoms with Crippen LogP contribution in [0, 0.1) is 12.3 Å². The molecule has 0 heterocycles. The Morgan fingerprint density at radius 3 is 1.73 bits per heavy atom. The fourth-order valence-electron chi connectivity index (χ4n) is 1.53. The van der Waals surface area contributed by atoms with E-state index in [2.05, 4.69) is 73.7 Å². The van der Waals surface area contributed by atoms with Crippen LogP contribution in [-0.2, 0) is 8.85 Å². The van der Waals surface area contributed by atoms with Crippen LogP contribution in [0.4, 0.5) is 0 Å². The zero-order chi connectivity index (χ0) is 17.8. The third-order valence-corrected chi connectivity index (χ3v) is 14.4. The Kier molecular flexibility index (Phi) is 7.63. The molecular formula is C18H38O2Si2. The molecule has 0 aliphatic heterocycles. The molecule has 0 aromatic rings. The highest BCUT2D eigenvalue weighted by Crippen LogP contribution is 2.39. The van der Waals surface area contributed by atoms with Gasteiger partial charge in [-0.05, 0) is 42.7 Å². The van der Waals surface area contributed by atoms with Crippen LogP contribution < -0.4 is 0 Å². The van der Waals surface area contributed by atoms with Crippen molar-refractivity contribution >= 4 is 16.6 Å². The third-order valence-electron chi connectivity index (χ3n) is 5.31. The van der Waals surface area contributed by atoms with E-state index in [0.29, 0.717) is 6.61 Å². The highest BCUT2D eigenvalue weighted by atomic mass is 28.4. The van der Waals surface area contributed by atoms with Crippen LogP contribution in [-0.4, -0.2) is 29.3 Å². The summed E-state index contributed by atoms with van der Waals surface area (Å²) in [6.07, 6.45) is 7.20. The first-order valence-corrected chi connectivity index (χ1v) is 14.2. The Morgan fingerprint density at radius 2 is 1.36 bits per heavy atom. The molecule has 0 fully saturated rings. The quantitative estimate of drug-likeness (QED) is 0.429. The average Bonchev–Trinajstić information content (AvgIpc) is 2.29. The SMILES string of the molecule is C#CCCC(CO[Si](C)(C)C(C)(C)C)O[Si](C)(C)C(C)(C)C. The lowest BCUT2D eigenvalue weighted by Gasteiger charge is -2.41. The molecular weight excluding hydrogens is 304 g/mol. The van der Waals surface area contributed by atoms with Crippen molar-refractivity contribution in [2.24, 2.45) is 0 Å². The van der Waals surface area contributed by atoms with E-state index in [1.165, 1.54) is 0 Å². The Balaban J connectivity index is 4.92. The minimum Gasteiger partial charge on any atom is -0.414 e. The van der Waals surface area contributed by atoms with E-state index in [9.17, 15) is 0 Å². The van der Waals surface area contributed by atoms with E-state index >= 15 is 0 Å². The van der Waals surface area contributed by atoms with Gasteiger partial charge in [0.05, 0.1) is 12.7 Å². The van der Waals surface area contributed by atoms with Crippen molar-refractivity contribution in [3.63, 3.8) is 0 Å². The molecule has 130 valence electrons. The molecule has 2 nitrogen and oxygen atoms in total. The summed E-state index contributed by atoms with van der Waals surface area (Å²) in [5, 5.41) is 0.430. The first kappa shape index (κ1) is 21.9. The van der Waals surface area contributed by atoms with Crippen LogP contribution in [0.3, 0.4) is 0 Å². The predicted molar refractivity (Wildman–Crippen MR) is 103 cm³/mol. The fraction of sp³-hybridized carbons (Fsp3) is 0.889. The first-order chi connectivity index (χ1) is 9.64. The van der Waals surface area contributed by atoms with Gasteiger partial charge < -0.3 is 8.85 Å². The van der Waals surface area contributed by atoms with Gasteiger partial charge in [-0.1, -0.05) is 41.5 Å². The summed E-state index contributed by atoms with van der Waals surface area (Å²) < 4.78 is 12.9. The maximum atomic E-state index is 6.55. The number of rotatable bonds is 7. The van der Waals surface area contributed by atoms with Crippen LogP contribution in [0.5, 0.6) is 0 Å². The molecule has 0 aromatic heterocycles. The molecule has 22 heavy (non-hydrogen) atoms. The molecule has 1 atom stereocenters. The van der Waals surface area contributed by atoms with Gasteiger partial charge in [0.2, 0.25) is 0 Å². The van der Waals surface area contributed by atoms with Crippen molar-refractivity contribution in [1.82, 2.24) is 0 Å². The van der Waals surface area contributed by atoms with Gasteiger partial charge in [-0.3, -0.25) is 0 Å². The summed E-state index contributed by atoms with van der Waals surface area (Å²) in [5.74, 6) is 2.74. The molecule has 0 amide bonds. The van der Waals surface area contributed by atoms with Gasteiger partial charge in [-0.15, -0.1) is 12.3 Å². The number of hydrogen-bond acceptors (Lipinski definition) is 2. The first-order valence-electron chi connectivity index (χ1n) is 8.39. The summed E-state index contributed by atoms with van der Waals surface area (Å²) >= 11 is 0. The molecule has 0 aliphatic carbocycles. The minimum atomic E-state index is -1.79. The summed E-state index contributed by atoms with van der Waals surface area (Å²) in [7, 11) is -3.54. The fourth-order valence-corrected chi connectivity index (χ4v) is 3.94. The van der Waals surface area contributed by atoms with Gasteiger partial charge in [0.1, 0.15) is 0 Å². The van der Waals surface area contributed by atoms with E-state index < -0.39 is 16.6 Å². The molecule has 0 saturated heterocycles. The van der Waals surface area contributed by atoms with E-state index in [0.717, 1.165) is 12.8 Å².